The van der Waals surface area contributed by atoms with Crippen LogP contribution in [-0.4, -0.2) is 15.0 Å². The summed E-state index contributed by atoms with van der Waals surface area (Å²) in [6, 6.07) is 8.50. The number of allylic oxidation sites excluding steroid dienone is 3. The summed E-state index contributed by atoms with van der Waals surface area (Å²) < 4.78 is 11.4. The molecule has 1 N–H and O–H groups in total. The normalized spacial score (nSPS) is 23.2. The molecule has 1 aromatic carbocycles. The van der Waals surface area contributed by atoms with Gasteiger partial charge >= 0.3 is 0 Å². The first kappa shape index (κ1) is 20.3. The number of hydrogen-bond acceptors (Lipinski definition) is 2. The summed E-state index contributed by atoms with van der Waals surface area (Å²) in [6.07, 6.45) is 11.3. The second kappa shape index (κ2) is 7.35. The van der Waals surface area contributed by atoms with Gasteiger partial charge in [0.1, 0.15) is 12.5 Å². The van der Waals surface area contributed by atoms with Crippen LogP contribution in [0.1, 0.15) is 65.5 Å². The van der Waals surface area contributed by atoms with Gasteiger partial charge in [-0.15, -0.1) is 0 Å². The minimum absolute atomic E-state index is 0.00728. The third kappa shape index (κ3) is 2.78. The summed E-state index contributed by atoms with van der Waals surface area (Å²) in [7, 11) is 0. The third-order valence-corrected chi connectivity index (χ3v) is 7.52. The quantitative estimate of drug-likeness (QED) is 0.481. The Morgan fingerprint density at radius 3 is 2.76 bits per heavy atom. The summed E-state index contributed by atoms with van der Waals surface area (Å²) in [5, 5.41) is 5.29. The molecule has 0 spiro atoms. The number of rotatable bonds is 2. The number of amides is 1. The monoisotopic (exact) mass is 439 g/mol. The number of fused-ring (bicyclic) bond motifs is 9. The van der Waals surface area contributed by atoms with Crippen LogP contribution < -0.4 is 5.32 Å². The Morgan fingerprint density at radius 2 is 1.94 bits per heavy atom. The van der Waals surface area contributed by atoms with Crippen molar-refractivity contribution in [2.24, 2.45) is 5.92 Å². The van der Waals surface area contributed by atoms with Gasteiger partial charge in [0, 0.05) is 35.1 Å². The molecule has 5 heteroatoms. The van der Waals surface area contributed by atoms with Crippen LogP contribution >= 0.6 is 0 Å². The molecule has 1 saturated heterocycles. The van der Waals surface area contributed by atoms with Crippen molar-refractivity contribution in [2.75, 3.05) is 0 Å². The first-order chi connectivity index (χ1) is 16.0. The van der Waals surface area contributed by atoms with Crippen LogP contribution in [0.4, 0.5) is 0 Å². The Hall–Kier alpha value is -3.31. The molecule has 3 atom stereocenters. The van der Waals surface area contributed by atoms with E-state index in [1.165, 1.54) is 0 Å². The number of nitrogens with zero attached hydrogens (tertiary/aromatic N) is 2. The molecule has 0 radical (unpaired) electrons. The molecule has 3 aromatic rings. The van der Waals surface area contributed by atoms with Crippen molar-refractivity contribution in [1.29, 1.82) is 0 Å². The van der Waals surface area contributed by atoms with Crippen molar-refractivity contribution in [3.63, 3.8) is 0 Å². The van der Waals surface area contributed by atoms with Gasteiger partial charge in [0.15, 0.2) is 0 Å². The summed E-state index contributed by atoms with van der Waals surface area (Å²) in [6.45, 7) is 9.12. The summed E-state index contributed by atoms with van der Waals surface area (Å²) in [5.74, 6) is 0.378. The number of hydrogen-bond donors (Lipinski definition) is 1. The molecule has 4 bridgehead atoms. The molecule has 1 fully saturated rings. The second-order valence-corrected chi connectivity index (χ2v) is 9.43. The van der Waals surface area contributed by atoms with E-state index < -0.39 is 0 Å². The molecule has 2 aromatic heterocycles. The maximum Gasteiger partial charge on any atom is 0.252 e. The standard InChI is InChI=1S/C28H29N3O2/c1-5-6-7-11-21-18(4)25-23-15-30(28-16(2)13-24(33-28)31(21)23)22-12-9-8-10-19(22)17(3)20-14-29-27(32)26(20)25/h5-12,15-16,24,28H,13-14H2,1-4H3,(H,29,32)/b6-5-,11-7-,20-17?,26-25?/t16-,24?,28?/m1/s1. The maximum absolute atomic E-state index is 13.3. The number of aromatic nitrogens is 2. The van der Waals surface area contributed by atoms with Crippen LogP contribution in [-0.2, 0) is 11.3 Å². The van der Waals surface area contributed by atoms with Crippen LogP contribution in [0.5, 0.6) is 0 Å². The van der Waals surface area contributed by atoms with Gasteiger partial charge in [-0.2, -0.15) is 0 Å². The van der Waals surface area contributed by atoms with Crippen molar-refractivity contribution < 1.29 is 9.53 Å². The average Bonchev–Trinajstić information content (AvgIpc) is 3.41. The van der Waals surface area contributed by atoms with E-state index in [2.05, 4.69) is 77.8 Å². The Balaban J connectivity index is 1.90. The lowest BCUT2D eigenvalue weighted by Gasteiger charge is -2.19. The molecule has 168 valence electrons. The van der Waals surface area contributed by atoms with Gasteiger partial charge in [-0.1, -0.05) is 43.4 Å². The predicted octanol–water partition coefficient (Wildman–Crippen LogP) is 6.24. The number of carbonyl (C=O) groups is 1. The molecule has 0 saturated carbocycles. The van der Waals surface area contributed by atoms with E-state index in [0.717, 1.165) is 56.2 Å². The topological polar surface area (TPSA) is 48.2 Å². The molecular formula is C28H29N3O2. The van der Waals surface area contributed by atoms with E-state index >= 15 is 0 Å². The van der Waals surface area contributed by atoms with E-state index in [1.54, 1.807) is 0 Å². The zero-order valence-corrected chi connectivity index (χ0v) is 19.6. The summed E-state index contributed by atoms with van der Waals surface area (Å²) in [4.78, 5) is 13.3. The number of nitrogens with one attached hydrogen (secondary N) is 1. The van der Waals surface area contributed by atoms with Crippen molar-refractivity contribution in [3.05, 3.63) is 76.6 Å². The molecule has 33 heavy (non-hydrogen) atoms. The fourth-order valence-electron chi connectivity index (χ4n) is 5.92. The lowest BCUT2D eigenvalue weighted by molar-refractivity contribution is -0.0351. The fraction of sp³-hybridized carbons (Fsp3) is 0.321. The number of aryl methyl sites for hydroxylation is 2. The molecule has 1 amide bonds. The molecule has 3 aliphatic rings. The number of benzene rings is 1. The van der Waals surface area contributed by atoms with Crippen molar-refractivity contribution in [3.8, 4) is 0 Å². The van der Waals surface area contributed by atoms with Gasteiger partial charge in [-0.25, -0.2) is 0 Å². The van der Waals surface area contributed by atoms with Gasteiger partial charge in [0.2, 0.25) is 0 Å². The lowest BCUT2D eigenvalue weighted by atomic mass is 9.99. The molecule has 0 aliphatic carbocycles. The van der Waals surface area contributed by atoms with Crippen LogP contribution in [0.2, 0.25) is 0 Å². The molecule has 6 rings (SSSR count). The lowest BCUT2D eigenvalue weighted by Crippen LogP contribution is -2.14. The second-order valence-electron chi connectivity index (χ2n) is 9.43. The minimum atomic E-state index is -0.0656. The Labute approximate surface area is 193 Å². The predicted molar refractivity (Wildman–Crippen MR) is 132 cm³/mol. The largest absolute Gasteiger partial charge is 0.348 e. The highest BCUT2D eigenvalue weighted by Crippen LogP contribution is 2.47. The SMILES string of the molecule is C/C=C\C=C/c1c(C)c2c3c(c(C)c4ccccc4n4cc2n1C1C[C@@H](C)C4O1)CNC3=O. The molecule has 5 nitrogen and oxygen atoms in total. The molecule has 2 unspecified atom stereocenters. The minimum Gasteiger partial charge on any atom is -0.348 e. The highest BCUT2D eigenvalue weighted by atomic mass is 16.5. The molecule has 5 heterocycles. The van der Waals surface area contributed by atoms with Crippen LogP contribution in [0.3, 0.4) is 0 Å². The van der Waals surface area contributed by atoms with Gasteiger partial charge in [-0.3, -0.25) is 4.79 Å². The van der Waals surface area contributed by atoms with Gasteiger partial charge in [0.25, 0.3) is 5.91 Å². The van der Waals surface area contributed by atoms with Crippen LogP contribution in [0.15, 0.2) is 48.7 Å². The zero-order chi connectivity index (χ0) is 22.9. The van der Waals surface area contributed by atoms with Crippen LogP contribution in [0.25, 0.3) is 27.9 Å². The first-order valence-electron chi connectivity index (χ1n) is 11.8. The van der Waals surface area contributed by atoms with Crippen molar-refractivity contribution >= 4 is 33.8 Å². The number of para-hydroxylation sites is 1. The van der Waals surface area contributed by atoms with E-state index in [9.17, 15) is 4.79 Å². The highest BCUT2D eigenvalue weighted by Gasteiger charge is 2.39. The number of ether oxygens (including phenoxy) is 1. The molecule has 3 aliphatic heterocycles. The average molecular weight is 440 g/mol. The van der Waals surface area contributed by atoms with E-state index in [4.69, 9.17) is 4.74 Å². The van der Waals surface area contributed by atoms with Crippen molar-refractivity contribution in [2.45, 2.75) is 53.1 Å². The third-order valence-electron chi connectivity index (χ3n) is 7.52. The Bertz CT molecular complexity index is 1450. The Kier molecular flexibility index (Phi) is 4.53. The van der Waals surface area contributed by atoms with Crippen LogP contribution in [0, 0.1) is 19.8 Å². The fourth-order valence-corrected chi connectivity index (χ4v) is 5.92. The highest BCUT2D eigenvalue weighted by molar-refractivity contribution is 6.11. The van der Waals surface area contributed by atoms with E-state index in [-0.39, 0.29) is 18.4 Å². The number of carbonyl (C=O) groups excluding carboxylic acids is 1. The smallest absolute Gasteiger partial charge is 0.252 e. The summed E-state index contributed by atoms with van der Waals surface area (Å²) >= 11 is 0. The van der Waals surface area contributed by atoms with Gasteiger partial charge in [-0.05, 0) is 56.0 Å². The first-order valence-corrected chi connectivity index (χ1v) is 11.8. The van der Waals surface area contributed by atoms with Gasteiger partial charge < -0.3 is 19.2 Å². The molecular weight excluding hydrogens is 410 g/mol. The zero-order valence-electron chi connectivity index (χ0n) is 19.6. The van der Waals surface area contributed by atoms with E-state index in [1.807, 2.05) is 19.1 Å². The summed E-state index contributed by atoms with van der Waals surface area (Å²) in [5.41, 5.74) is 7.45. The van der Waals surface area contributed by atoms with E-state index in [0.29, 0.717) is 12.5 Å². The maximum atomic E-state index is 13.3. The van der Waals surface area contributed by atoms with Crippen molar-refractivity contribution in [1.82, 2.24) is 14.5 Å². The Morgan fingerprint density at radius 1 is 1.12 bits per heavy atom. The van der Waals surface area contributed by atoms with Gasteiger partial charge in [0.05, 0.1) is 16.6 Å².